The predicted octanol–water partition coefficient (Wildman–Crippen LogP) is 3.10. The first-order valence-corrected chi connectivity index (χ1v) is 10.4. The van der Waals surface area contributed by atoms with Gasteiger partial charge in [-0.3, -0.25) is 14.6 Å². The summed E-state index contributed by atoms with van der Waals surface area (Å²) in [6.45, 7) is 2.60. The number of urea groups is 1. The van der Waals surface area contributed by atoms with Gasteiger partial charge in [-0.1, -0.05) is 60.2 Å². The van der Waals surface area contributed by atoms with E-state index in [0.717, 1.165) is 16.5 Å². The molecule has 2 aliphatic heterocycles. The summed E-state index contributed by atoms with van der Waals surface area (Å²) in [7, 11) is 3.20. The molecule has 0 bridgehead atoms. The standard InChI is InChI=1S/C22H23N4O2S/c1-15-9-11-16(12-10-15)13-26-18-19(24(2)22(28)25(3)20(18)27)23-21(26)29-14-17-7-5-4-6-8-17/h4-12,18H,13-14H2,1-3H3/q+1. The first-order valence-electron chi connectivity index (χ1n) is 9.45. The summed E-state index contributed by atoms with van der Waals surface area (Å²) in [4.78, 5) is 32.7. The maximum atomic E-state index is 13.0. The maximum absolute atomic E-state index is 13.0. The quantitative estimate of drug-likeness (QED) is 0.732. The number of thioether (sulfide) groups is 1. The van der Waals surface area contributed by atoms with Crippen LogP contribution in [0.3, 0.4) is 0 Å². The van der Waals surface area contributed by atoms with E-state index in [9.17, 15) is 9.59 Å². The number of aliphatic imine (C=N–C) groups is 1. The molecular formula is C22H23N4O2S+. The van der Waals surface area contributed by atoms with Gasteiger partial charge in [0.05, 0.1) is 0 Å². The largest absolute Gasteiger partial charge is 0.358 e. The molecule has 29 heavy (non-hydrogen) atoms. The number of amides is 3. The summed E-state index contributed by atoms with van der Waals surface area (Å²) in [5, 5.41) is 0.762. The van der Waals surface area contributed by atoms with E-state index in [-0.39, 0.29) is 11.9 Å². The Bertz CT molecular complexity index is 1010. The molecule has 1 saturated heterocycles. The Labute approximate surface area is 174 Å². The SMILES string of the molecule is Cc1ccc(C[N+]2=C(SCc3ccccc3)N=C3C2C(=O)N(C)C(=O)N3C)cc1. The fourth-order valence-electron chi connectivity index (χ4n) is 3.46. The third-order valence-corrected chi connectivity index (χ3v) is 6.24. The summed E-state index contributed by atoms with van der Waals surface area (Å²) in [5.74, 6) is 1.00. The zero-order chi connectivity index (χ0) is 20.5. The number of nitrogens with zero attached hydrogens (tertiary/aromatic N) is 4. The Morgan fingerprint density at radius 3 is 2.34 bits per heavy atom. The van der Waals surface area contributed by atoms with Gasteiger partial charge in [0, 0.05) is 19.8 Å². The lowest BCUT2D eigenvalue weighted by molar-refractivity contribution is -0.548. The van der Waals surface area contributed by atoms with E-state index in [4.69, 9.17) is 4.99 Å². The third-order valence-electron chi connectivity index (χ3n) is 5.18. The number of benzene rings is 2. The minimum Gasteiger partial charge on any atom is -0.269 e. The number of rotatable bonds is 4. The van der Waals surface area contributed by atoms with E-state index in [1.54, 1.807) is 18.8 Å². The average molecular weight is 408 g/mol. The molecule has 0 spiro atoms. The van der Waals surface area contributed by atoms with E-state index < -0.39 is 6.04 Å². The van der Waals surface area contributed by atoms with Crippen LogP contribution in [-0.2, 0) is 17.1 Å². The summed E-state index contributed by atoms with van der Waals surface area (Å²) in [5.41, 5.74) is 3.47. The van der Waals surface area contributed by atoms with Crippen molar-refractivity contribution < 1.29 is 14.2 Å². The molecule has 148 valence electrons. The highest BCUT2D eigenvalue weighted by Gasteiger charge is 2.53. The molecule has 4 rings (SSSR count). The van der Waals surface area contributed by atoms with E-state index in [1.165, 1.54) is 28.0 Å². The highest BCUT2D eigenvalue weighted by molar-refractivity contribution is 8.13. The second-order valence-corrected chi connectivity index (χ2v) is 8.22. The lowest BCUT2D eigenvalue weighted by atomic mass is 10.1. The smallest absolute Gasteiger partial charge is 0.269 e. The molecule has 2 aromatic rings. The molecular weight excluding hydrogens is 384 g/mol. The van der Waals surface area contributed by atoms with Gasteiger partial charge in [0.15, 0.2) is 0 Å². The van der Waals surface area contributed by atoms with Crippen LogP contribution in [-0.4, -0.2) is 57.5 Å². The van der Waals surface area contributed by atoms with Crippen LogP contribution in [0.25, 0.3) is 0 Å². The minimum absolute atomic E-state index is 0.241. The van der Waals surface area contributed by atoms with E-state index in [2.05, 4.69) is 36.4 Å². The Balaban J connectivity index is 1.69. The number of amidine groups is 2. The van der Waals surface area contributed by atoms with Crippen LogP contribution in [0.5, 0.6) is 0 Å². The first kappa shape index (κ1) is 19.4. The van der Waals surface area contributed by atoms with Crippen LogP contribution in [0.15, 0.2) is 59.6 Å². The molecule has 2 heterocycles. The molecule has 0 N–H and O–H groups in total. The molecule has 6 nitrogen and oxygen atoms in total. The molecule has 1 unspecified atom stereocenters. The minimum atomic E-state index is -0.581. The van der Waals surface area contributed by atoms with Crippen molar-refractivity contribution in [2.45, 2.75) is 25.3 Å². The summed E-state index contributed by atoms with van der Waals surface area (Å²) in [6.07, 6.45) is 0. The zero-order valence-corrected chi connectivity index (χ0v) is 17.5. The van der Waals surface area contributed by atoms with Gasteiger partial charge in [0.2, 0.25) is 0 Å². The van der Waals surface area contributed by atoms with Crippen molar-refractivity contribution in [1.29, 1.82) is 0 Å². The van der Waals surface area contributed by atoms with Gasteiger partial charge in [-0.15, -0.1) is 0 Å². The number of hydrogen-bond acceptors (Lipinski definition) is 4. The van der Waals surface area contributed by atoms with Crippen molar-refractivity contribution in [2.24, 2.45) is 4.99 Å². The highest BCUT2D eigenvalue weighted by Crippen LogP contribution is 2.26. The molecule has 7 heteroatoms. The Morgan fingerprint density at radius 2 is 1.66 bits per heavy atom. The van der Waals surface area contributed by atoms with Crippen LogP contribution in [0, 0.1) is 6.92 Å². The van der Waals surface area contributed by atoms with Gasteiger partial charge in [0.25, 0.3) is 17.8 Å². The van der Waals surface area contributed by atoms with Gasteiger partial charge in [-0.25, -0.2) is 9.37 Å². The lowest BCUT2D eigenvalue weighted by Gasteiger charge is -2.30. The van der Waals surface area contributed by atoms with Gasteiger partial charge >= 0.3 is 11.2 Å². The van der Waals surface area contributed by atoms with Crippen LogP contribution in [0.2, 0.25) is 0 Å². The lowest BCUT2D eigenvalue weighted by Crippen LogP contribution is -2.61. The summed E-state index contributed by atoms with van der Waals surface area (Å²) in [6, 6.07) is 17.5. The summed E-state index contributed by atoms with van der Waals surface area (Å²) < 4.78 is 2.01. The van der Waals surface area contributed by atoms with Crippen LogP contribution in [0.4, 0.5) is 4.79 Å². The maximum Gasteiger partial charge on any atom is 0.358 e. The van der Waals surface area contributed by atoms with Crippen molar-refractivity contribution in [2.75, 3.05) is 14.1 Å². The Kier molecular flexibility index (Phi) is 5.24. The fourth-order valence-corrected chi connectivity index (χ4v) is 4.44. The van der Waals surface area contributed by atoms with Crippen molar-refractivity contribution in [3.63, 3.8) is 0 Å². The molecule has 0 aliphatic carbocycles. The average Bonchev–Trinajstić information content (AvgIpc) is 3.10. The van der Waals surface area contributed by atoms with Crippen molar-refractivity contribution in [3.8, 4) is 0 Å². The summed E-state index contributed by atoms with van der Waals surface area (Å²) >= 11 is 1.59. The Hall–Kier alpha value is -2.93. The van der Waals surface area contributed by atoms with Crippen molar-refractivity contribution in [1.82, 2.24) is 9.80 Å². The van der Waals surface area contributed by atoms with Crippen molar-refractivity contribution >= 4 is 34.7 Å². The highest BCUT2D eigenvalue weighted by atomic mass is 32.2. The molecule has 0 radical (unpaired) electrons. The number of fused-ring (bicyclic) bond motifs is 1. The zero-order valence-electron chi connectivity index (χ0n) is 16.7. The molecule has 2 aromatic carbocycles. The number of likely N-dealkylation sites (N-methyl/N-ethyl adjacent to an activating group) is 2. The monoisotopic (exact) mass is 407 g/mol. The van der Waals surface area contributed by atoms with Crippen LogP contribution >= 0.6 is 11.8 Å². The topological polar surface area (TPSA) is 56.0 Å². The third kappa shape index (κ3) is 3.70. The molecule has 0 aromatic heterocycles. The molecule has 2 aliphatic rings. The number of carbonyl (C=O) groups is 2. The molecule has 3 amide bonds. The van der Waals surface area contributed by atoms with Gasteiger partial charge in [-0.05, 0) is 34.8 Å². The van der Waals surface area contributed by atoms with Crippen LogP contribution < -0.4 is 0 Å². The second kappa shape index (κ2) is 7.83. The van der Waals surface area contributed by atoms with E-state index >= 15 is 0 Å². The first-order chi connectivity index (χ1) is 14.0. The number of aryl methyl sites for hydroxylation is 1. The van der Waals surface area contributed by atoms with Gasteiger partial charge in [0.1, 0.15) is 6.54 Å². The second-order valence-electron chi connectivity index (χ2n) is 7.28. The Morgan fingerprint density at radius 1 is 0.966 bits per heavy atom. The van der Waals surface area contributed by atoms with E-state index in [0.29, 0.717) is 12.4 Å². The number of carbonyl (C=O) groups excluding carboxylic acids is 2. The molecule has 1 atom stereocenters. The molecule has 1 fully saturated rings. The van der Waals surface area contributed by atoms with Crippen LogP contribution in [0.1, 0.15) is 16.7 Å². The normalized spacial score (nSPS) is 19.0. The van der Waals surface area contributed by atoms with E-state index in [1.807, 2.05) is 29.7 Å². The molecule has 0 saturated carbocycles. The van der Waals surface area contributed by atoms with Gasteiger partial charge < -0.3 is 0 Å². The predicted molar refractivity (Wildman–Crippen MR) is 115 cm³/mol. The number of imide groups is 1. The van der Waals surface area contributed by atoms with Crippen molar-refractivity contribution in [3.05, 3.63) is 71.3 Å². The van der Waals surface area contributed by atoms with Gasteiger partial charge in [-0.2, -0.15) is 0 Å². The fraction of sp³-hybridized carbons (Fsp3) is 0.273. The number of hydrogen-bond donors (Lipinski definition) is 0.